The predicted molar refractivity (Wildman–Crippen MR) is 107 cm³/mol. The van der Waals surface area contributed by atoms with E-state index >= 15 is 0 Å². The number of hydrogen-bond donors (Lipinski definition) is 1. The van der Waals surface area contributed by atoms with E-state index in [9.17, 15) is 8.78 Å². The number of aromatic nitrogens is 8. The third-order valence-corrected chi connectivity index (χ3v) is 4.65. The van der Waals surface area contributed by atoms with E-state index in [1.54, 1.807) is 36.1 Å². The molecule has 0 bridgehead atoms. The molecule has 0 aliphatic heterocycles. The Morgan fingerprint density at radius 1 is 1.10 bits per heavy atom. The highest BCUT2D eigenvalue weighted by molar-refractivity contribution is 5.65. The number of rotatable bonds is 5. The summed E-state index contributed by atoms with van der Waals surface area (Å²) in [6.07, 6.45) is 5.09. The molecule has 0 aliphatic carbocycles. The topological polar surface area (TPSA) is 98.7 Å². The van der Waals surface area contributed by atoms with Crippen molar-refractivity contribution in [3.05, 3.63) is 78.0 Å². The van der Waals surface area contributed by atoms with Crippen LogP contribution in [0.2, 0.25) is 0 Å². The molecule has 11 heteroatoms. The summed E-state index contributed by atoms with van der Waals surface area (Å²) in [5.74, 6) is -0.356. The molecule has 0 saturated heterocycles. The summed E-state index contributed by atoms with van der Waals surface area (Å²) in [4.78, 5) is 10.1. The van der Waals surface area contributed by atoms with Crippen molar-refractivity contribution in [3.8, 4) is 11.3 Å². The van der Waals surface area contributed by atoms with Gasteiger partial charge in [-0.2, -0.15) is 9.90 Å². The number of benzene rings is 1. The molecule has 5 rings (SSSR count). The van der Waals surface area contributed by atoms with Gasteiger partial charge in [0, 0.05) is 31.4 Å². The maximum atomic E-state index is 14.0. The minimum Gasteiger partial charge on any atom is -0.306 e. The summed E-state index contributed by atoms with van der Waals surface area (Å²) in [6, 6.07) is 9.51. The first-order chi connectivity index (χ1) is 15.1. The maximum absolute atomic E-state index is 14.0. The van der Waals surface area contributed by atoms with Crippen LogP contribution >= 0.6 is 0 Å². The molecule has 4 heterocycles. The van der Waals surface area contributed by atoms with Crippen molar-refractivity contribution in [2.75, 3.05) is 5.32 Å². The molecule has 1 N–H and O–H groups in total. The van der Waals surface area contributed by atoms with Gasteiger partial charge in [-0.05, 0) is 29.8 Å². The highest BCUT2D eigenvalue weighted by Gasteiger charge is 2.13. The zero-order chi connectivity index (χ0) is 21.4. The molecular formula is C20H15F2N9. The van der Waals surface area contributed by atoms with Crippen LogP contribution < -0.4 is 5.32 Å². The van der Waals surface area contributed by atoms with Crippen molar-refractivity contribution in [3.63, 3.8) is 0 Å². The first-order valence-electron chi connectivity index (χ1n) is 9.30. The van der Waals surface area contributed by atoms with Gasteiger partial charge in [0.05, 0.1) is 11.9 Å². The van der Waals surface area contributed by atoms with Gasteiger partial charge in [-0.15, -0.1) is 15.3 Å². The molecule has 1 aromatic carbocycles. The number of nitrogens with zero attached hydrogens (tertiary/aromatic N) is 8. The van der Waals surface area contributed by atoms with Crippen LogP contribution in [-0.2, 0) is 13.5 Å². The Balaban J connectivity index is 1.43. The predicted octanol–water partition coefficient (Wildman–Crippen LogP) is 2.93. The van der Waals surface area contributed by atoms with E-state index < -0.39 is 11.6 Å². The zero-order valence-corrected chi connectivity index (χ0v) is 16.2. The minimum atomic E-state index is -0.886. The standard InChI is InChI=1S/C20H15F2N9/c1-30-24-11-16(29-30)26-20-23-7-5-15(25-20)12-6-8-31-17(9-12)27-28-18(31)10-13-3-2-4-14(21)19(13)22/h2-9,11H,10H2,1H3,(H,23,25,26,29). The summed E-state index contributed by atoms with van der Waals surface area (Å²) in [6.45, 7) is 0. The fourth-order valence-electron chi connectivity index (χ4n) is 3.17. The van der Waals surface area contributed by atoms with Crippen molar-refractivity contribution in [1.29, 1.82) is 0 Å². The minimum absolute atomic E-state index is 0.115. The highest BCUT2D eigenvalue weighted by Crippen LogP contribution is 2.22. The lowest BCUT2D eigenvalue weighted by atomic mass is 10.1. The van der Waals surface area contributed by atoms with Crippen molar-refractivity contribution in [2.45, 2.75) is 6.42 Å². The number of halogens is 2. The Labute approximate surface area is 174 Å². The van der Waals surface area contributed by atoms with Gasteiger partial charge in [-0.1, -0.05) is 12.1 Å². The number of hydrogen-bond acceptors (Lipinski definition) is 7. The fraction of sp³-hybridized carbons (Fsp3) is 0.100. The van der Waals surface area contributed by atoms with Gasteiger partial charge in [0.25, 0.3) is 0 Å². The number of fused-ring (bicyclic) bond motifs is 1. The second-order valence-electron chi connectivity index (χ2n) is 6.76. The van der Waals surface area contributed by atoms with Gasteiger partial charge >= 0.3 is 0 Å². The quantitative estimate of drug-likeness (QED) is 0.468. The van der Waals surface area contributed by atoms with Crippen molar-refractivity contribution < 1.29 is 8.78 Å². The molecule has 0 saturated carbocycles. The van der Waals surface area contributed by atoms with E-state index in [2.05, 4.69) is 35.7 Å². The second-order valence-corrected chi connectivity index (χ2v) is 6.76. The molecule has 0 spiro atoms. The van der Waals surface area contributed by atoms with E-state index in [-0.39, 0.29) is 12.0 Å². The monoisotopic (exact) mass is 419 g/mol. The third-order valence-electron chi connectivity index (χ3n) is 4.65. The Morgan fingerprint density at radius 3 is 2.84 bits per heavy atom. The van der Waals surface area contributed by atoms with Crippen molar-refractivity contribution in [2.24, 2.45) is 7.05 Å². The van der Waals surface area contributed by atoms with Gasteiger partial charge in [0.1, 0.15) is 5.82 Å². The van der Waals surface area contributed by atoms with Crippen LogP contribution in [0.1, 0.15) is 11.4 Å². The Hall–Kier alpha value is -4.28. The molecule has 0 amide bonds. The number of aryl methyl sites for hydroxylation is 1. The van der Waals surface area contributed by atoms with Gasteiger partial charge in [0.15, 0.2) is 23.1 Å². The fourth-order valence-corrected chi connectivity index (χ4v) is 3.17. The van der Waals surface area contributed by atoms with E-state index in [1.165, 1.54) is 16.9 Å². The van der Waals surface area contributed by atoms with Crippen molar-refractivity contribution >= 4 is 17.4 Å². The van der Waals surface area contributed by atoms with Crippen LogP contribution in [0.25, 0.3) is 16.9 Å². The normalized spacial score (nSPS) is 11.2. The Morgan fingerprint density at radius 2 is 2.00 bits per heavy atom. The van der Waals surface area contributed by atoms with E-state index in [0.717, 1.165) is 11.6 Å². The van der Waals surface area contributed by atoms with Crippen LogP contribution in [0.15, 0.2) is 55.0 Å². The SMILES string of the molecule is Cn1ncc(Nc2nccc(-c3ccn4c(Cc5cccc(F)c5F)nnc4c3)n2)n1. The summed E-state index contributed by atoms with van der Waals surface area (Å²) in [7, 11) is 1.72. The van der Waals surface area contributed by atoms with Crippen LogP contribution in [0.5, 0.6) is 0 Å². The summed E-state index contributed by atoms with van der Waals surface area (Å²) < 4.78 is 29.2. The molecule has 9 nitrogen and oxygen atoms in total. The van der Waals surface area contributed by atoms with Gasteiger partial charge in [-0.3, -0.25) is 4.40 Å². The molecule has 0 aliphatic rings. The smallest absolute Gasteiger partial charge is 0.228 e. The van der Waals surface area contributed by atoms with Crippen LogP contribution in [-0.4, -0.2) is 39.6 Å². The summed E-state index contributed by atoms with van der Waals surface area (Å²) >= 11 is 0. The number of anilines is 2. The average Bonchev–Trinajstić information content (AvgIpc) is 3.37. The van der Waals surface area contributed by atoms with Crippen molar-refractivity contribution in [1.82, 2.24) is 39.6 Å². The highest BCUT2D eigenvalue weighted by atomic mass is 19.2. The average molecular weight is 419 g/mol. The second kappa shape index (κ2) is 7.52. The molecule has 154 valence electrons. The molecule has 0 radical (unpaired) electrons. The summed E-state index contributed by atoms with van der Waals surface area (Å²) in [5, 5.41) is 19.4. The lowest BCUT2D eigenvalue weighted by Gasteiger charge is -2.06. The van der Waals surface area contributed by atoms with Crippen LogP contribution in [0, 0.1) is 11.6 Å². The molecule has 5 aromatic rings. The van der Waals surface area contributed by atoms with Gasteiger partial charge < -0.3 is 5.32 Å². The maximum Gasteiger partial charge on any atom is 0.228 e. The van der Waals surface area contributed by atoms with E-state index in [0.29, 0.717) is 28.9 Å². The first kappa shape index (κ1) is 18.7. The summed E-state index contributed by atoms with van der Waals surface area (Å²) in [5.41, 5.74) is 2.25. The third kappa shape index (κ3) is 3.68. The molecule has 0 fully saturated rings. The van der Waals surface area contributed by atoms with Crippen LogP contribution in [0.4, 0.5) is 20.5 Å². The molecular weight excluding hydrogens is 404 g/mol. The number of pyridine rings is 1. The largest absolute Gasteiger partial charge is 0.306 e. The van der Waals surface area contributed by atoms with Gasteiger partial charge in [0.2, 0.25) is 5.95 Å². The van der Waals surface area contributed by atoms with E-state index in [1.807, 2.05) is 12.1 Å². The van der Waals surface area contributed by atoms with Crippen LogP contribution in [0.3, 0.4) is 0 Å². The Kier molecular flexibility index (Phi) is 4.54. The zero-order valence-electron chi connectivity index (χ0n) is 16.2. The molecule has 31 heavy (non-hydrogen) atoms. The number of nitrogens with one attached hydrogen (secondary N) is 1. The van der Waals surface area contributed by atoms with Gasteiger partial charge in [-0.25, -0.2) is 18.7 Å². The lowest BCUT2D eigenvalue weighted by Crippen LogP contribution is -2.01. The molecule has 4 aromatic heterocycles. The Bertz CT molecular complexity index is 1390. The lowest BCUT2D eigenvalue weighted by molar-refractivity contribution is 0.500. The molecule has 0 unspecified atom stereocenters. The molecule has 0 atom stereocenters. The van der Waals surface area contributed by atoms with E-state index in [4.69, 9.17) is 0 Å². The first-order valence-corrected chi connectivity index (χ1v) is 9.30.